The van der Waals surface area contributed by atoms with Crippen LogP contribution in [0.25, 0.3) is 0 Å². The van der Waals surface area contributed by atoms with E-state index in [1.807, 2.05) is 6.92 Å². The van der Waals surface area contributed by atoms with Crippen LogP contribution >= 0.6 is 27.3 Å². The molecule has 1 aromatic heterocycles. The number of aromatic nitrogens is 2. The van der Waals surface area contributed by atoms with Gasteiger partial charge in [0.1, 0.15) is 5.01 Å². The third kappa shape index (κ3) is 4.57. The lowest BCUT2D eigenvalue weighted by atomic mass is 10.4. The minimum absolute atomic E-state index is 0.0904. The number of anilines is 1. The first-order valence-electron chi connectivity index (χ1n) is 6.28. The van der Waals surface area contributed by atoms with E-state index in [2.05, 4.69) is 36.2 Å². The maximum absolute atomic E-state index is 12.0. The van der Waals surface area contributed by atoms with Gasteiger partial charge < -0.3 is 0 Å². The van der Waals surface area contributed by atoms with Crippen LogP contribution < -0.4 is 10.0 Å². The van der Waals surface area contributed by atoms with E-state index < -0.39 is 15.9 Å². The summed E-state index contributed by atoms with van der Waals surface area (Å²) in [5.41, 5.74) is 0. The Balaban J connectivity index is 1.93. The van der Waals surface area contributed by atoms with Crippen LogP contribution in [0.3, 0.4) is 0 Å². The van der Waals surface area contributed by atoms with Gasteiger partial charge in [-0.2, -0.15) is 0 Å². The molecule has 1 heterocycles. The van der Waals surface area contributed by atoms with Gasteiger partial charge in [-0.3, -0.25) is 10.1 Å². The van der Waals surface area contributed by atoms with Crippen molar-refractivity contribution < 1.29 is 13.2 Å². The van der Waals surface area contributed by atoms with Crippen LogP contribution in [0.4, 0.5) is 5.13 Å². The molecule has 0 saturated heterocycles. The van der Waals surface area contributed by atoms with E-state index in [4.69, 9.17) is 0 Å². The number of sulfonamides is 1. The van der Waals surface area contributed by atoms with Crippen LogP contribution in [0.5, 0.6) is 0 Å². The van der Waals surface area contributed by atoms with Gasteiger partial charge in [-0.25, -0.2) is 13.1 Å². The SMILES string of the molecule is CCc1nnc(NC(=O)CNS(=O)(=O)c2ccc(Br)cc2)s1. The molecule has 0 radical (unpaired) electrons. The van der Waals surface area contributed by atoms with Gasteiger partial charge in [0, 0.05) is 4.47 Å². The fourth-order valence-corrected chi connectivity index (χ4v) is 3.41. The predicted molar refractivity (Wildman–Crippen MR) is 87.2 cm³/mol. The number of aryl methyl sites for hydroxylation is 1. The molecule has 2 N–H and O–H groups in total. The normalized spacial score (nSPS) is 11.4. The Morgan fingerprint density at radius 3 is 2.55 bits per heavy atom. The molecule has 2 rings (SSSR count). The molecule has 0 spiro atoms. The fraction of sp³-hybridized carbons (Fsp3) is 0.250. The lowest BCUT2D eigenvalue weighted by Gasteiger charge is -2.06. The number of carbonyl (C=O) groups is 1. The van der Waals surface area contributed by atoms with Crippen molar-refractivity contribution in [2.75, 3.05) is 11.9 Å². The lowest BCUT2D eigenvalue weighted by molar-refractivity contribution is -0.115. The molecule has 2 aromatic rings. The Kier molecular flexibility index (Phi) is 5.62. The Morgan fingerprint density at radius 1 is 1.27 bits per heavy atom. The number of amides is 1. The van der Waals surface area contributed by atoms with Gasteiger partial charge in [0.15, 0.2) is 0 Å². The minimum Gasteiger partial charge on any atom is -0.299 e. The molecule has 0 unspecified atom stereocenters. The number of carbonyl (C=O) groups excluding carboxylic acids is 1. The Labute approximate surface area is 140 Å². The molecule has 0 saturated carbocycles. The first kappa shape index (κ1) is 17.0. The minimum atomic E-state index is -3.73. The third-order valence-electron chi connectivity index (χ3n) is 2.56. The zero-order valence-corrected chi connectivity index (χ0v) is 14.8. The average molecular weight is 405 g/mol. The second-order valence-electron chi connectivity index (χ2n) is 4.18. The first-order valence-corrected chi connectivity index (χ1v) is 9.37. The quantitative estimate of drug-likeness (QED) is 0.763. The number of rotatable bonds is 6. The summed E-state index contributed by atoms with van der Waals surface area (Å²) in [6, 6.07) is 6.12. The molecule has 1 amide bonds. The molecule has 0 bridgehead atoms. The number of halogens is 1. The van der Waals surface area contributed by atoms with Crippen LogP contribution in [0.1, 0.15) is 11.9 Å². The van der Waals surface area contributed by atoms with Crippen molar-refractivity contribution in [1.29, 1.82) is 0 Å². The summed E-state index contributed by atoms with van der Waals surface area (Å²) in [5.74, 6) is -0.500. The third-order valence-corrected chi connectivity index (χ3v) is 5.49. The van der Waals surface area contributed by atoms with Crippen molar-refractivity contribution in [3.05, 3.63) is 33.7 Å². The number of nitrogens with one attached hydrogen (secondary N) is 2. The Bertz CT molecular complexity index is 759. The Hall–Kier alpha value is -1.36. The van der Waals surface area contributed by atoms with E-state index in [0.29, 0.717) is 5.13 Å². The van der Waals surface area contributed by atoms with Crippen molar-refractivity contribution in [3.63, 3.8) is 0 Å². The van der Waals surface area contributed by atoms with Crippen LogP contribution in [0.2, 0.25) is 0 Å². The van der Waals surface area contributed by atoms with Gasteiger partial charge in [-0.1, -0.05) is 34.2 Å². The van der Waals surface area contributed by atoms with E-state index >= 15 is 0 Å². The maximum atomic E-state index is 12.0. The molecule has 1 aromatic carbocycles. The number of hydrogen-bond acceptors (Lipinski definition) is 6. The smallest absolute Gasteiger partial charge is 0.241 e. The van der Waals surface area contributed by atoms with Crippen molar-refractivity contribution in [2.24, 2.45) is 0 Å². The first-order chi connectivity index (χ1) is 10.4. The van der Waals surface area contributed by atoms with E-state index in [-0.39, 0.29) is 11.4 Å². The molecular formula is C12H13BrN4O3S2. The standard InChI is InChI=1S/C12H13BrN4O3S2/c1-2-11-16-17-12(21-11)15-10(18)7-14-22(19,20)9-5-3-8(13)4-6-9/h3-6,14H,2,7H2,1H3,(H,15,17,18). The van der Waals surface area contributed by atoms with Gasteiger partial charge in [0.05, 0.1) is 11.4 Å². The zero-order valence-electron chi connectivity index (χ0n) is 11.5. The average Bonchev–Trinajstić information content (AvgIpc) is 2.93. The van der Waals surface area contributed by atoms with Crippen LogP contribution in [0.15, 0.2) is 33.6 Å². The van der Waals surface area contributed by atoms with E-state index in [1.165, 1.54) is 23.5 Å². The summed E-state index contributed by atoms with van der Waals surface area (Å²) in [4.78, 5) is 11.8. The predicted octanol–water partition coefficient (Wildman–Crippen LogP) is 1.78. The van der Waals surface area contributed by atoms with Gasteiger partial charge >= 0.3 is 0 Å². The van der Waals surface area contributed by atoms with Gasteiger partial charge in [0.25, 0.3) is 0 Å². The summed E-state index contributed by atoms with van der Waals surface area (Å²) < 4.78 is 27.0. The number of benzene rings is 1. The topological polar surface area (TPSA) is 101 Å². The number of hydrogen-bond donors (Lipinski definition) is 2. The molecule has 0 atom stereocenters. The van der Waals surface area contributed by atoms with Gasteiger partial charge in [-0.05, 0) is 30.7 Å². The molecule has 118 valence electrons. The van der Waals surface area contributed by atoms with Crippen LogP contribution in [0, 0.1) is 0 Å². The van der Waals surface area contributed by atoms with E-state index in [1.54, 1.807) is 12.1 Å². The monoisotopic (exact) mass is 404 g/mol. The Morgan fingerprint density at radius 2 is 1.95 bits per heavy atom. The van der Waals surface area contributed by atoms with Crippen molar-refractivity contribution >= 4 is 48.3 Å². The highest BCUT2D eigenvalue weighted by Crippen LogP contribution is 2.16. The highest BCUT2D eigenvalue weighted by Gasteiger charge is 2.16. The maximum Gasteiger partial charge on any atom is 0.241 e. The highest BCUT2D eigenvalue weighted by molar-refractivity contribution is 9.10. The summed E-state index contributed by atoms with van der Waals surface area (Å²) >= 11 is 4.48. The second kappa shape index (κ2) is 7.27. The van der Waals surface area contributed by atoms with Gasteiger partial charge in [-0.15, -0.1) is 10.2 Å². The van der Waals surface area contributed by atoms with Crippen molar-refractivity contribution in [2.45, 2.75) is 18.2 Å². The summed E-state index contributed by atoms with van der Waals surface area (Å²) in [5, 5.41) is 11.3. The largest absolute Gasteiger partial charge is 0.299 e. The van der Waals surface area contributed by atoms with E-state index in [9.17, 15) is 13.2 Å². The number of nitrogens with zero attached hydrogens (tertiary/aromatic N) is 2. The summed E-state index contributed by atoms with van der Waals surface area (Å²) in [6.45, 7) is 1.55. The molecule has 7 nitrogen and oxygen atoms in total. The molecule has 10 heteroatoms. The summed E-state index contributed by atoms with van der Waals surface area (Å²) in [6.07, 6.45) is 0.726. The molecule has 0 aliphatic heterocycles. The lowest BCUT2D eigenvalue weighted by Crippen LogP contribution is -2.32. The zero-order chi connectivity index (χ0) is 16.2. The van der Waals surface area contributed by atoms with Crippen LogP contribution in [-0.4, -0.2) is 31.1 Å². The van der Waals surface area contributed by atoms with Crippen molar-refractivity contribution in [3.8, 4) is 0 Å². The molecule has 0 aliphatic rings. The fourth-order valence-electron chi connectivity index (χ4n) is 1.47. The highest BCUT2D eigenvalue weighted by atomic mass is 79.9. The molecular weight excluding hydrogens is 392 g/mol. The molecule has 0 fully saturated rings. The molecule has 0 aliphatic carbocycles. The summed E-state index contributed by atoms with van der Waals surface area (Å²) in [7, 11) is -3.73. The molecule has 22 heavy (non-hydrogen) atoms. The van der Waals surface area contributed by atoms with Crippen LogP contribution in [-0.2, 0) is 21.2 Å². The van der Waals surface area contributed by atoms with Crippen molar-refractivity contribution in [1.82, 2.24) is 14.9 Å². The van der Waals surface area contributed by atoms with Gasteiger partial charge in [0.2, 0.25) is 21.1 Å². The second-order valence-corrected chi connectivity index (χ2v) is 7.93. The van der Waals surface area contributed by atoms with E-state index in [0.717, 1.165) is 15.9 Å².